The Bertz CT molecular complexity index is 372. The van der Waals surface area contributed by atoms with Crippen LogP contribution in [0.15, 0.2) is 35.4 Å². The van der Waals surface area contributed by atoms with E-state index in [1.165, 1.54) is 0 Å². The molecule has 0 unspecified atom stereocenters. The van der Waals surface area contributed by atoms with Crippen LogP contribution < -0.4 is 0 Å². The number of carbonyl (C=O) groups is 1. The molecule has 0 spiro atoms. The predicted molar refractivity (Wildman–Crippen MR) is 55.3 cm³/mol. The molecule has 5 nitrogen and oxygen atoms in total. The fourth-order valence-electron chi connectivity index (χ4n) is 1.31. The van der Waals surface area contributed by atoms with Crippen LogP contribution in [-0.4, -0.2) is 17.1 Å². The van der Waals surface area contributed by atoms with Crippen molar-refractivity contribution in [1.82, 2.24) is 0 Å². The quantitative estimate of drug-likeness (QED) is 0.454. The maximum Gasteiger partial charge on any atom is 0.303 e. The van der Waals surface area contributed by atoms with Gasteiger partial charge in [0.1, 0.15) is 0 Å². The maximum absolute atomic E-state index is 10.5. The van der Waals surface area contributed by atoms with Gasteiger partial charge >= 0.3 is 5.97 Å². The van der Waals surface area contributed by atoms with E-state index in [1.807, 2.05) is 30.3 Å². The second kappa shape index (κ2) is 5.67. The summed E-state index contributed by atoms with van der Waals surface area (Å²) in [6, 6.07) is 8.84. The van der Waals surface area contributed by atoms with Gasteiger partial charge in [0.25, 0.3) is 0 Å². The molecule has 0 saturated carbocycles. The summed E-state index contributed by atoms with van der Waals surface area (Å²) in [6.45, 7) is 0. The van der Waals surface area contributed by atoms with Crippen molar-refractivity contribution in [2.75, 3.05) is 0 Å². The van der Waals surface area contributed by atoms with Crippen molar-refractivity contribution >= 4 is 5.97 Å². The van der Waals surface area contributed by atoms with E-state index in [0.29, 0.717) is 6.42 Å². The van der Waals surface area contributed by atoms with E-state index < -0.39 is 12.0 Å². The Morgan fingerprint density at radius 2 is 2.13 bits per heavy atom. The highest BCUT2D eigenvalue weighted by Gasteiger charge is 2.11. The van der Waals surface area contributed by atoms with E-state index in [-0.39, 0.29) is 6.42 Å². The molecule has 1 aromatic rings. The van der Waals surface area contributed by atoms with Gasteiger partial charge < -0.3 is 5.11 Å². The van der Waals surface area contributed by atoms with Gasteiger partial charge in [0, 0.05) is 4.91 Å². The van der Waals surface area contributed by atoms with Crippen LogP contribution in [0, 0.1) is 0 Å². The molecule has 0 aliphatic rings. The van der Waals surface area contributed by atoms with Gasteiger partial charge in [0.15, 0.2) is 0 Å². The number of carboxylic acid groups (broad SMARTS) is 1. The largest absolute Gasteiger partial charge is 0.481 e. The van der Waals surface area contributed by atoms with E-state index in [9.17, 15) is 4.79 Å². The van der Waals surface area contributed by atoms with E-state index >= 15 is 0 Å². The Morgan fingerprint density at radius 3 is 2.67 bits per heavy atom. The van der Waals surface area contributed by atoms with Gasteiger partial charge in [-0.1, -0.05) is 35.4 Å². The number of hydrogen-bond acceptors (Lipinski definition) is 2. The van der Waals surface area contributed by atoms with Crippen molar-refractivity contribution < 1.29 is 9.90 Å². The van der Waals surface area contributed by atoms with Crippen molar-refractivity contribution in [3.05, 3.63) is 46.3 Å². The Morgan fingerprint density at radius 1 is 1.47 bits per heavy atom. The molecule has 1 atom stereocenters. The maximum atomic E-state index is 10.5. The summed E-state index contributed by atoms with van der Waals surface area (Å²) in [5.74, 6) is -0.955. The third-order valence-electron chi connectivity index (χ3n) is 1.94. The normalized spacial score (nSPS) is 11.5. The van der Waals surface area contributed by atoms with Crippen LogP contribution in [0.3, 0.4) is 0 Å². The third kappa shape index (κ3) is 4.15. The molecule has 0 radical (unpaired) electrons. The van der Waals surface area contributed by atoms with Gasteiger partial charge in [-0.15, -0.1) is 0 Å². The first-order valence-electron chi connectivity index (χ1n) is 4.52. The first-order chi connectivity index (χ1) is 7.22. The summed E-state index contributed by atoms with van der Waals surface area (Å²) in [5.41, 5.74) is 9.26. The Kier molecular flexibility index (Phi) is 4.19. The molecule has 0 bridgehead atoms. The Labute approximate surface area is 87.0 Å². The summed E-state index contributed by atoms with van der Waals surface area (Å²) in [7, 11) is 0. The molecule has 5 heteroatoms. The third-order valence-corrected chi connectivity index (χ3v) is 1.94. The van der Waals surface area contributed by atoms with Crippen molar-refractivity contribution in [3.63, 3.8) is 0 Å². The molecular weight excluding hydrogens is 194 g/mol. The zero-order valence-corrected chi connectivity index (χ0v) is 8.08. The van der Waals surface area contributed by atoms with Gasteiger partial charge in [-0.3, -0.25) is 4.79 Å². The second-order valence-corrected chi connectivity index (χ2v) is 3.15. The molecule has 0 amide bonds. The summed E-state index contributed by atoms with van der Waals surface area (Å²) in [4.78, 5) is 13.1. The zero-order valence-electron chi connectivity index (χ0n) is 8.08. The molecule has 0 fully saturated rings. The molecule has 0 saturated heterocycles. The lowest BCUT2D eigenvalue weighted by Crippen LogP contribution is -2.13. The van der Waals surface area contributed by atoms with Gasteiger partial charge in [0.05, 0.1) is 12.5 Å². The summed E-state index contributed by atoms with van der Waals surface area (Å²) >= 11 is 0. The molecular formula is C10H11N3O2. The van der Waals surface area contributed by atoms with Crippen molar-refractivity contribution in [1.29, 1.82) is 0 Å². The van der Waals surface area contributed by atoms with Crippen molar-refractivity contribution in [2.24, 2.45) is 5.11 Å². The topological polar surface area (TPSA) is 86.1 Å². The SMILES string of the molecule is [N-]=[N+]=N[C@@H](CC(=O)O)Cc1ccccc1. The molecule has 15 heavy (non-hydrogen) atoms. The van der Waals surface area contributed by atoms with Crippen molar-refractivity contribution in [2.45, 2.75) is 18.9 Å². The first-order valence-corrected chi connectivity index (χ1v) is 4.52. The van der Waals surface area contributed by atoms with Crippen LogP contribution in [0.4, 0.5) is 0 Å². The molecule has 0 aliphatic carbocycles. The molecule has 1 rings (SSSR count). The average Bonchev–Trinajstić information content (AvgIpc) is 2.18. The van der Waals surface area contributed by atoms with Crippen molar-refractivity contribution in [3.8, 4) is 0 Å². The number of aliphatic carboxylic acids is 1. The number of nitrogens with zero attached hydrogens (tertiary/aromatic N) is 3. The van der Waals surface area contributed by atoms with E-state index in [1.54, 1.807) is 0 Å². The zero-order chi connectivity index (χ0) is 11.1. The molecule has 1 N–H and O–H groups in total. The van der Waals surface area contributed by atoms with Gasteiger partial charge in [-0.05, 0) is 17.5 Å². The van der Waals surface area contributed by atoms with Crippen LogP contribution in [0.25, 0.3) is 10.4 Å². The number of benzene rings is 1. The number of azide groups is 1. The molecule has 0 aliphatic heterocycles. The summed E-state index contributed by atoms with van der Waals surface area (Å²) in [6.07, 6.45) is 0.316. The number of rotatable bonds is 5. The van der Waals surface area contributed by atoms with Gasteiger partial charge in [-0.2, -0.15) is 0 Å². The average molecular weight is 205 g/mol. The fraction of sp³-hybridized carbons (Fsp3) is 0.300. The second-order valence-electron chi connectivity index (χ2n) is 3.15. The highest BCUT2D eigenvalue weighted by Crippen LogP contribution is 2.09. The summed E-state index contributed by atoms with van der Waals surface area (Å²) in [5, 5.41) is 12.1. The van der Waals surface area contributed by atoms with Crippen LogP contribution in [-0.2, 0) is 11.2 Å². The van der Waals surface area contributed by atoms with E-state index in [4.69, 9.17) is 10.6 Å². The van der Waals surface area contributed by atoms with E-state index in [2.05, 4.69) is 10.0 Å². The monoisotopic (exact) mass is 205 g/mol. The lowest BCUT2D eigenvalue weighted by molar-refractivity contribution is -0.137. The van der Waals surface area contributed by atoms with Crippen LogP contribution in [0.1, 0.15) is 12.0 Å². The minimum Gasteiger partial charge on any atom is -0.481 e. The highest BCUT2D eigenvalue weighted by molar-refractivity contribution is 5.67. The predicted octanol–water partition coefficient (Wildman–Crippen LogP) is 2.38. The lowest BCUT2D eigenvalue weighted by Gasteiger charge is -2.07. The fourth-order valence-corrected chi connectivity index (χ4v) is 1.31. The molecule has 0 aromatic heterocycles. The molecule has 78 valence electrons. The molecule has 1 aromatic carbocycles. The number of carboxylic acids is 1. The van der Waals surface area contributed by atoms with E-state index in [0.717, 1.165) is 5.56 Å². The minimum atomic E-state index is -0.955. The molecule has 0 heterocycles. The standard InChI is InChI=1S/C10H11N3O2/c11-13-12-9(7-10(14)15)6-8-4-2-1-3-5-8/h1-5,9H,6-7H2,(H,14,15)/t9-/m1/s1. The Hall–Kier alpha value is -2.00. The van der Waals surface area contributed by atoms with Crippen LogP contribution in [0.2, 0.25) is 0 Å². The highest BCUT2D eigenvalue weighted by atomic mass is 16.4. The lowest BCUT2D eigenvalue weighted by atomic mass is 10.0. The van der Waals surface area contributed by atoms with Gasteiger partial charge in [-0.25, -0.2) is 0 Å². The minimum absolute atomic E-state index is 0.140. The summed E-state index contributed by atoms with van der Waals surface area (Å²) < 4.78 is 0. The van der Waals surface area contributed by atoms with Crippen LogP contribution in [0.5, 0.6) is 0 Å². The smallest absolute Gasteiger partial charge is 0.303 e. The first kappa shape index (κ1) is 11.1. The van der Waals surface area contributed by atoms with Gasteiger partial charge in [0.2, 0.25) is 0 Å². The number of hydrogen-bond donors (Lipinski definition) is 1. The van der Waals surface area contributed by atoms with Crippen LogP contribution >= 0.6 is 0 Å². The Balaban J connectivity index is 2.66.